The molecule has 0 aromatic heterocycles. The van der Waals surface area contributed by atoms with Crippen LogP contribution in [0.5, 0.6) is 0 Å². The van der Waals surface area contributed by atoms with E-state index in [0.717, 1.165) is 7.11 Å². The van der Waals surface area contributed by atoms with Crippen molar-refractivity contribution in [3.8, 4) is 0 Å². The lowest BCUT2D eigenvalue weighted by molar-refractivity contribution is -0.384. The van der Waals surface area contributed by atoms with E-state index >= 15 is 0 Å². The third kappa shape index (κ3) is 6.63. The van der Waals surface area contributed by atoms with Crippen molar-refractivity contribution in [1.82, 2.24) is 5.32 Å². The number of rotatable bonds is 8. The van der Waals surface area contributed by atoms with Crippen molar-refractivity contribution in [2.75, 3.05) is 27.4 Å². The molecule has 1 aliphatic heterocycles. The number of aliphatic hydroxyl groups is 1. The van der Waals surface area contributed by atoms with Crippen LogP contribution in [0.3, 0.4) is 0 Å². The van der Waals surface area contributed by atoms with Crippen LogP contribution in [0.15, 0.2) is 46.8 Å². The Kier molecular flexibility index (Phi) is 10.5. The molecular formula is C22H30N2O8. The van der Waals surface area contributed by atoms with E-state index in [9.17, 15) is 19.7 Å². The highest BCUT2D eigenvalue weighted by atomic mass is 16.6. The van der Waals surface area contributed by atoms with Gasteiger partial charge in [-0.1, -0.05) is 12.1 Å². The molecule has 1 atom stereocenters. The maximum atomic E-state index is 12.9. The average molecular weight is 450 g/mol. The van der Waals surface area contributed by atoms with E-state index in [-0.39, 0.29) is 36.2 Å². The third-order valence-corrected chi connectivity index (χ3v) is 4.48. The molecule has 32 heavy (non-hydrogen) atoms. The maximum Gasteiger partial charge on any atom is 0.337 e. The second kappa shape index (κ2) is 12.6. The highest BCUT2D eigenvalue weighted by molar-refractivity contribution is 6.00. The van der Waals surface area contributed by atoms with Crippen LogP contribution in [-0.4, -0.2) is 55.5 Å². The summed E-state index contributed by atoms with van der Waals surface area (Å²) >= 11 is 0. The molecule has 1 aromatic carbocycles. The fourth-order valence-corrected chi connectivity index (χ4v) is 3.26. The quantitative estimate of drug-likeness (QED) is 0.265. The lowest BCUT2D eigenvalue weighted by Gasteiger charge is -2.30. The fourth-order valence-electron chi connectivity index (χ4n) is 3.26. The molecular weight excluding hydrogens is 420 g/mol. The number of nitro benzene ring substituents is 1. The first-order valence-corrected chi connectivity index (χ1v) is 9.92. The van der Waals surface area contributed by atoms with Crippen molar-refractivity contribution >= 4 is 17.6 Å². The number of ether oxygens (including phenoxy) is 3. The monoisotopic (exact) mass is 450 g/mol. The van der Waals surface area contributed by atoms with Crippen molar-refractivity contribution in [2.45, 2.75) is 39.7 Å². The SMILES string of the molecule is CO.COCCOC(=O)C1=C(C)NC(C)=C(C(=O)OC(C)C)C1c1cccc([N+](=O)[O-])c1. The topological polar surface area (TPSA) is 137 Å². The van der Waals surface area contributed by atoms with E-state index in [0.29, 0.717) is 17.0 Å². The Morgan fingerprint density at radius 3 is 2.25 bits per heavy atom. The van der Waals surface area contributed by atoms with Gasteiger partial charge in [0.25, 0.3) is 5.69 Å². The summed E-state index contributed by atoms with van der Waals surface area (Å²) in [7, 11) is 2.48. The summed E-state index contributed by atoms with van der Waals surface area (Å²) in [5.41, 5.74) is 1.65. The van der Waals surface area contributed by atoms with Crippen molar-refractivity contribution in [1.29, 1.82) is 0 Å². The Labute approximate surface area is 187 Å². The van der Waals surface area contributed by atoms with Gasteiger partial charge in [-0.3, -0.25) is 10.1 Å². The Morgan fingerprint density at radius 1 is 1.12 bits per heavy atom. The molecule has 0 fully saturated rings. The summed E-state index contributed by atoms with van der Waals surface area (Å²) in [5.74, 6) is -2.13. The van der Waals surface area contributed by atoms with Crippen molar-refractivity contribution in [3.05, 3.63) is 62.5 Å². The highest BCUT2D eigenvalue weighted by Crippen LogP contribution is 2.40. The van der Waals surface area contributed by atoms with E-state index < -0.39 is 22.8 Å². The van der Waals surface area contributed by atoms with Gasteiger partial charge >= 0.3 is 11.9 Å². The van der Waals surface area contributed by atoms with Gasteiger partial charge in [0.1, 0.15) is 6.61 Å². The number of nitrogens with one attached hydrogen (secondary N) is 1. The molecule has 2 N–H and O–H groups in total. The van der Waals surface area contributed by atoms with Gasteiger partial charge in [-0.25, -0.2) is 9.59 Å². The number of benzene rings is 1. The van der Waals surface area contributed by atoms with Crippen molar-refractivity contribution in [3.63, 3.8) is 0 Å². The van der Waals surface area contributed by atoms with Gasteiger partial charge in [-0.05, 0) is 33.3 Å². The van der Waals surface area contributed by atoms with Crippen LogP contribution >= 0.6 is 0 Å². The molecule has 176 valence electrons. The zero-order valence-corrected chi connectivity index (χ0v) is 19.1. The van der Waals surface area contributed by atoms with Crippen LogP contribution < -0.4 is 5.32 Å². The molecule has 10 heteroatoms. The molecule has 10 nitrogen and oxygen atoms in total. The number of hydrogen-bond acceptors (Lipinski definition) is 9. The number of esters is 2. The zero-order valence-electron chi connectivity index (χ0n) is 19.1. The number of nitro groups is 1. The lowest BCUT2D eigenvalue weighted by Crippen LogP contribution is -2.33. The number of aliphatic hydroxyl groups excluding tert-OH is 1. The molecule has 0 bridgehead atoms. The van der Waals surface area contributed by atoms with Crippen molar-refractivity contribution in [2.24, 2.45) is 0 Å². The smallest absolute Gasteiger partial charge is 0.337 e. The molecule has 0 saturated carbocycles. The minimum atomic E-state index is -0.882. The van der Waals surface area contributed by atoms with Gasteiger partial charge in [0.2, 0.25) is 0 Å². The fraction of sp³-hybridized carbons (Fsp3) is 0.455. The molecule has 1 heterocycles. The van der Waals surface area contributed by atoms with Crippen LogP contribution in [0.4, 0.5) is 5.69 Å². The van der Waals surface area contributed by atoms with Gasteiger partial charge in [0, 0.05) is 37.7 Å². The average Bonchev–Trinajstić information content (AvgIpc) is 2.74. The van der Waals surface area contributed by atoms with Crippen LogP contribution in [0.2, 0.25) is 0 Å². The predicted molar refractivity (Wildman–Crippen MR) is 117 cm³/mol. The number of dihydropyridines is 1. The number of nitrogens with zero attached hydrogens (tertiary/aromatic N) is 1. The molecule has 0 spiro atoms. The first-order valence-electron chi connectivity index (χ1n) is 9.92. The van der Waals surface area contributed by atoms with E-state index in [1.54, 1.807) is 33.8 Å². The van der Waals surface area contributed by atoms with E-state index in [2.05, 4.69) is 5.32 Å². The number of allylic oxidation sites excluding steroid dienone is 2. The minimum absolute atomic E-state index is 0.0300. The summed E-state index contributed by atoms with van der Waals surface area (Å²) in [6.07, 6.45) is -0.382. The predicted octanol–water partition coefficient (Wildman–Crippen LogP) is 2.58. The van der Waals surface area contributed by atoms with Gasteiger partial charge in [0.15, 0.2) is 0 Å². The molecule has 0 radical (unpaired) electrons. The molecule has 2 rings (SSSR count). The summed E-state index contributed by atoms with van der Waals surface area (Å²) in [5, 5.41) is 21.3. The number of hydrogen-bond donors (Lipinski definition) is 2. The minimum Gasteiger partial charge on any atom is -0.460 e. The summed E-state index contributed by atoms with van der Waals surface area (Å²) < 4.78 is 15.6. The highest BCUT2D eigenvalue weighted by Gasteiger charge is 2.38. The zero-order chi connectivity index (χ0) is 24.4. The normalized spacial score (nSPS) is 15.6. The standard InChI is InChI=1S/C21H26N2O7.CH4O/c1-12(2)30-21(25)18-14(4)22-13(3)17(20(24)29-10-9-28-5)19(18)15-7-6-8-16(11-15)23(26)27;1-2/h6-8,11-12,19,22H,9-10H2,1-5H3;2H,1H3. The molecule has 1 aliphatic rings. The Balaban J connectivity index is 0.00000249. The van der Waals surface area contributed by atoms with Crippen molar-refractivity contribution < 1.29 is 33.8 Å². The lowest BCUT2D eigenvalue weighted by atomic mass is 9.80. The molecule has 1 unspecified atom stereocenters. The molecule has 1 aromatic rings. The number of non-ortho nitro benzene ring substituents is 1. The Bertz CT molecular complexity index is 905. The first-order chi connectivity index (χ1) is 15.2. The number of methoxy groups -OCH3 is 1. The summed E-state index contributed by atoms with van der Waals surface area (Å²) in [6, 6.07) is 5.84. The summed E-state index contributed by atoms with van der Waals surface area (Å²) in [4.78, 5) is 36.6. The van der Waals surface area contributed by atoms with Gasteiger partial charge in [0.05, 0.1) is 34.7 Å². The Morgan fingerprint density at radius 2 is 1.72 bits per heavy atom. The third-order valence-electron chi connectivity index (χ3n) is 4.48. The summed E-state index contributed by atoms with van der Waals surface area (Å²) in [6.45, 7) is 7.05. The van der Waals surface area contributed by atoms with Crippen LogP contribution in [0, 0.1) is 10.1 Å². The number of carbonyl (C=O) groups is 2. The molecule has 0 aliphatic carbocycles. The van der Waals surface area contributed by atoms with Crippen LogP contribution in [-0.2, 0) is 23.8 Å². The molecule has 0 saturated heterocycles. The van der Waals surface area contributed by atoms with E-state index in [1.165, 1.54) is 25.3 Å². The van der Waals surface area contributed by atoms with E-state index in [4.69, 9.17) is 19.3 Å². The Hall–Kier alpha value is -3.24. The van der Waals surface area contributed by atoms with Crippen LogP contribution in [0.25, 0.3) is 0 Å². The first kappa shape index (κ1) is 26.8. The van der Waals surface area contributed by atoms with Gasteiger partial charge < -0.3 is 24.6 Å². The maximum absolute atomic E-state index is 12.9. The second-order valence-electron chi connectivity index (χ2n) is 7.07. The van der Waals surface area contributed by atoms with Gasteiger partial charge in [-0.2, -0.15) is 0 Å². The number of carbonyl (C=O) groups excluding carboxylic acids is 2. The van der Waals surface area contributed by atoms with Gasteiger partial charge in [-0.15, -0.1) is 0 Å². The largest absolute Gasteiger partial charge is 0.460 e. The second-order valence-corrected chi connectivity index (χ2v) is 7.07. The van der Waals surface area contributed by atoms with E-state index in [1.807, 2.05) is 0 Å². The van der Waals surface area contributed by atoms with Crippen LogP contribution in [0.1, 0.15) is 39.2 Å². The molecule has 0 amide bonds.